The van der Waals surface area contributed by atoms with Crippen LogP contribution in [0.2, 0.25) is 0 Å². The molecule has 0 bridgehead atoms. The normalized spacial score (nSPS) is 22.3. The van der Waals surface area contributed by atoms with E-state index < -0.39 is 34.6 Å². The van der Waals surface area contributed by atoms with E-state index in [4.69, 9.17) is 0 Å². The summed E-state index contributed by atoms with van der Waals surface area (Å²) in [4.78, 5) is 42.4. The van der Waals surface area contributed by atoms with Crippen LogP contribution in [0, 0.1) is 11.6 Å². The van der Waals surface area contributed by atoms with Crippen LogP contribution in [0.1, 0.15) is 45.7 Å². The average Bonchev–Trinajstić information content (AvgIpc) is 3.16. The summed E-state index contributed by atoms with van der Waals surface area (Å²) in [6, 6.07) is 3.48. The van der Waals surface area contributed by atoms with Gasteiger partial charge in [0.2, 0.25) is 5.43 Å². The fourth-order valence-corrected chi connectivity index (χ4v) is 4.98. The van der Waals surface area contributed by atoms with Crippen LogP contribution in [0.3, 0.4) is 0 Å². The molecule has 4 heterocycles. The standard InChI is InChI=1S/C22H22F2N4O4/c23-15-5-4-12(7-16(15)24)8-25-21(31)14-10-26-11-17-27-6-2-1-3-13(27)9-28(17)22(32)18(26)20(30)19(14)29/h4-5,7,10,13,17,30H,1-3,6,8-9,11H2,(H,25,31)/t13-,17-/m1/s1. The van der Waals surface area contributed by atoms with Gasteiger partial charge in [0.05, 0.1) is 6.54 Å². The Balaban J connectivity index is 1.42. The summed E-state index contributed by atoms with van der Waals surface area (Å²) in [5.41, 5.74) is -1.05. The van der Waals surface area contributed by atoms with Crippen LogP contribution in [0.5, 0.6) is 5.75 Å². The molecule has 0 unspecified atom stereocenters. The largest absolute Gasteiger partial charge is 0.503 e. The van der Waals surface area contributed by atoms with Crippen molar-refractivity contribution in [1.29, 1.82) is 0 Å². The number of aromatic hydroxyl groups is 1. The van der Waals surface area contributed by atoms with Crippen molar-refractivity contribution in [3.05, 3.63) is 63.1 Å². The Morgan fingerprint density at radius 2 is 1.97 bits per heavy atom. The first-order valence-electron chi connectivity index (χ1n) is 10.6. The molecular formula is C22H22F2N4O4. The molecule has 32 heavy (non-hydrogen) atoms. The zero-order chi connectivity index (χ0) is 22.6. The summed E-state index contributed by atoms with van der Waals surface area (Å²) < 4.78 is 27.9. The molecule has 2 atom stereocenters. The van der Waals surface area contributed by atoms with Gasteiger partial charge in [-0.25, -0.2) is 8.78 Å². The third-order valence-corrected chi connectivity index (χ3v) is 6.58. The highest BCUT2D eigenvalue weighted by Gasteiger charge is 2.47. The van der Waals surface area contributed by atoms with E-state index in [1.807, 2.05) is 0 Å². The Bertz CT molecular complexity index is 1180. The maximum atomic E-state index is 13.4. The van der Waals surface area contributed by atoms with Gasteiger partial charge in [0.25, 0.3) is 11.8 Å². The highest BCUT2D eigenvalue weighted by atomic mass is 19.2. The van der Waals surface area contributed by atoms with E-state index in [2.05, 4.69) is 10.2 Å². The van der Waals surface area contributed by atoms with Crippen molar-refractivity contribution in [2.24, 2.45) is 0 Å². The van der Waals surface area contributed by atoms with E-state index in [0.717, 1.165) is 37.9 Å². The zero-order valence-electron chi connectivity index (χ0n) is 17.2. The third-order valence-electron chi connectivity index (χ3n) is 6.58. The second-order valence-electron chi connectivity index (χ2n) is 8.48. The molecule has 3 aliphatic rings. The number of fused-ring (bicyclic) bond motifs is 4. The van der Waals surface area contributed by atoms with E-state index in [0.29, 0.717) is 18.7 Å². The molecule has 2 aromatic rings. The molecule has 1 aromatic heterocycles. The SMILES string of the molecule is O=C(NCc1ccc(F)c(F)c1)c1cn2c(c(O)c1=O)C(=O)N1C[C@H]3CCCCN3[C@H]1C2. The van der Waals surface area contributed by atoms with Gasteiger partial charge in [0, 0.05) is 31.9 Å². The smallest absolute Gasteiger partial charge is 0.275 e. The number of carbonyl (C=O) groups excluding carboxylic acids is 2. The number of piperidine rings is 1. The van der Waals surface area contributed by atoms with Crippen molar-refractivity contribution in [1.82, 2.24) is 19.7 Å². The number of benzene rings is 1. The lowest BCUT2D eigenvalue weighted by molar-refractivity contribution is 0.0451. The van der Waals surface area contributed by atoms with Crippen molar-refractivity contribution in [2.45, 2.75) is 44.6 Å². The van der Waals surface area contributed by atoms with Crippen molar-refractivity contribution >= 4 is 11.8 Å². The number of carbonyl (C=O) groups is 2. The van der Waals surface area contributed by atoms with E-state index in [-0.39, 0.29) is 30.0 Å². The zero-order valence-corrected chi connectivity index (χ0v) is 17.2. The maximum Gasteiger partial charge on any atom is 0.275 e. The minimum Gasteiger partial charge on any atom is -0.503 e. The number of aromatic nitrogens is 1. The van der Waals surface area contributed by atoms with Gasteiger partial charge in [-0.05, 0) is 30.5 Å². The van der Waals surface area contributed by atoms with Crippen LogP contribution >= 0.6 is 0 Å². The lowest BCUT2D eigenvalue weighted by Gasteiger charge is -2.38. The maximum absolute atomic E-state index is 13.4. The van der Waals surface area contributed by atoms with Crippen molar-refractivity contribution in [3.8, 4) is 5.75 Å². The number of pyridine rings is 1. The average molecular weight is 444 g/mol. The summed E-state index contributed by atoms with van der Waals surface area (Å²) >= 11 is 0. The number of amides is 2. The lowest BCUT2D eigenvalue weighted by atomic mass is 10.0. The summed E-state index contributed by atoms with van der Waals surface area (Å²) in [6.45, 7) is 1.65. The second kappa shape index (κ2) is 7.70. The molecule has 5 rings (SSSR count). The monoisotopic (exact) mass is 444 g/mol. The Morgan fingerprint density at radius 1 is 1.16 bits per heavy atom. The van der Waals surface area contributed by atoms with Gasteiger partial charge >= 0.3 is 0 Å². The molecule has 8 nitrogen and oxygen atoms in total. The van der Waals surface area contributed by atoms with Gasteiger partial charge < -0.3 is 19.9 Å². The fraction of sp³-hybridized carbons (Fsp3) is 0.409. The van der Waals surface area contributed by atoms with Crippen molar-refractivity contribution in [3.63, 3.8) is 0 Å². The van der Waals surface area contributed by atoms with Gasteiger partial charge in [0.15, 0.2) is 23.1 Å². The molecule has 0 saturated carbocycles. The van der Waals surface area contributed by atoms with E-state index in [1.54, 1.807) is 4.90 Å². The molecule has 10 heteroatoms. The Labute approximate surface area is 182 Å². The number of hydrogen-bond acceptors (Lipinski definition) is 5. The number of rotatable bonds is 3. The molecule has 2 N–H and O–H groups in total. The summed E-state index contributed by atoms with van der Waals surface area (Å²) in [5, 5.41) is 13.0. The fourth-order valence-electron chi connectivity index (χ4n) is 4.98. The van der Waals surface area contributed by atoms with E-state index >= 15 is 0 Å². The minimum atomic E-state index is -1.04. The van der Waals surface area contributed by atoms with Crippen LogP contribution in [0.4, 0.5) is 8.78 Å². The number of nitrogens with one attached hydrogen (secondary N) is 1. The van der Waals surface area contributed by atoms with Crippen LogP contribution in [0.15, 0.2) is 29.2 Å². The van der Waals surface area contributed by atoms with E-state index in [1.165, 1.54) is 16.8 Å². The first kappa shape index (κ1) is 20.6. The molecule has 2 fully saturated rings. The van der Waals surface area contributed by atoms with Crippen LogP contribution in [0.25, 0.3) is 0 Å². The molecule has 0 spiro atoms. The summed E-state index contributed by atoms with van der Waals surface area (Å²) in [7, 11) is 0. The number of hydrogen-bond donors (Lipinski definition) is 2. The van der Waals surface area contributed by atoms with Crippen LogP contribution < -0.4 is 10.7 Å². The topological polar surface area (TPSA) is 94.9 Å². The van der Waals surface area contributed by atoms with E-state index in [9.17, 15) is 28.3 Å². The third kappa shape index (κ3) is 3.26. The van der Waals surface area contributed by atoms with Gasteiger partial charge in [-0.1, -0.05) is 12.5 Å². The molecule has 2 saturated heterocycles. The molecule has 1 aromatic carbocycles. The number of nitrogens with zero attached hydrogens (tertiary/aromatic N) is 3. The molecule has 168 valence electrons. The molecular weight excluding hydrogens is 422 g/mol. The Hall–Kier alpha value is -3.27. The molecule has 0 aliphatic carbocycles. The summed E-state index contributed by atoms with van der Waals surface area (Å²) in [5.74, 6) is -3.99. The first-order chi connectivity index (χ1) is 15.3. The van der Waals surface area contributed by atoms with Crippen molar-refractivity contribution < 1.29 is 23.5 Å². The summed E-state index contributed by atoms with van der Waals surface area (Å²) in [6.07, 6.45) is 4.27. The molecule has 3 aliphatic heterocycles. The number of halogens is 2. The van der Waals surface area contributed by atoms with Crippen LogP contribution in [-0.4, -0.2) is 56.6 Å². The molecule has 0 radical (unpaired) electrons. The predicted molar refractivity (Wildman–Crippen MR) is 109 cm³/mol. The quantitative estimate of drug-likeness (QED) is 0.747. The van der Waals surface area contributed by atoms with Gasteiger partial charge in [-0.15, -0.1) is 0 Å². The van der Waals surface area contributed by atoms with Gasteiger partial charge in [-0.3, -0.25) is 19.3 Å². The van der Waals surface area contributed by atoms with Crippen molar-refractivity contribution in [2.75, 3.05) is 13.1 Å². The highest BCUT2D eigenvalue weighted by Crippen LogP contribution is 2.34. The second-order valence-corrected chi connectivity index (χ2v) is 8.48. The Morgan fingerprint density at radius 3 is 2.75 bits per heavy atom. The highest BCUT2D eigenvalue weighted by molar-refractivity contribution is 5.99. The predicted octanol–water partition coefficient (Wildman–Crippen LogP) is 1.41. The Kier molecular flexibility index (Phi) is 4.96. The minimum absolute atomic E-state index is 0.108. The van der Waals surface area contributed by atoms with Crippen LogP contribution in [-0.2, 0) is 13.1 Å². The lowest BCUT2D eigenvalue weighted by Crippen LogP contribution is -2.51. The van der Waals surface area contributed by atoms with Gasteiger partial charge in [0.1, 0.15) is 11.7 Å². The van der Waals surface area contributed by atoms with Gasteiger partial charge in [-0.2, -0.15) is 0 Å². The first-order valence-corrected chi connectivity index (χ1v) is 10.6. The molecule has 2 amide bonds.